The highest BCUT2D eigenvalue weighted by Gasteiger charge is 2.34. The summed E-state index contributed by atoms with van der Waals surface area (Å²) in [4.78, 5) is 26.4. The first-order valence-electron chi connectivity index (χ1n) is 7.88. The Morgan fingerprint density at radius 2 is 1.96 bits per heavy atom. The zero-order valence-corrected chi connectivity index (χ0v) is 14.5. The molecule has 1 heterocycles. The van der Waals surface area contributed by atoms with Gasteiger partial charge in [0.25, 0.3) is 0 Å². The lowest BCUT2D eigenvalue weighted by molar-refractivity contribution is 0.0289. The van der Waals surface area contributed by atoms with Gasteiger partial charge in [0.2, 0.25) is 0 Å². The third-order valence-corrected chi connectivity index (χ3v) is 3.91. The topological polar surface area (TPSA) is 55.8 Å². The van der Waals surface area contributed by atoms with E-state index in [0.717, 1.165) is 11.3 Å². The van der Waals surface area contributed by atoms with Crippen LogP contribution in [0.1, 0.15) is 43.1 Å². The number of methoxy groups -OCH3 is 1. The minimum Gasteiger partial charge on any atom is -0.497 e. The number of aryl methyl sites for hydroxylation is 1. The van der Waals surface area contributed by atoms with Gasteiger partial charge in [-0.3, -0.25) is 4.79 Å². The first-order valence-corrected chi connectivity index (χ1v) is 7.88. The predicted octanol–water partition coefficient (Wildman–Crippen LogP) is 3.44. The first-order chi connectivity index (χ1) is 10.7. The van der Waals surface area contributed by atoms with Crippen LogP contribution >= 0.6 is 0 Å². The number of likely N-dealkylation sites (tertiary alicyclic amines) is 1. The third kappa shape index (κ3) is 4.24. The number of benzene rings is 1. The van der Waals surface area contributed by atoms with Gasteiger partial charge in [-0.15, -0.1) is 0 Å². The van der Waals surface area contributed by atoms with Crippen molar-refractivity contribution < 1.29 is 19.1 Å². The molecule has 0 radical (unpaired) electrons. The number of rotatable bonds is 3. The van der Waals surface area contributed by atoms with Crippen LogP contribution in [-0.2, 0) is 4.74 Å². The molecule has 0 spiro atoms. The summed E-state index contributed by atoms with van der Waals surface area (Å²) in [5.74, 6) is 0.645. The van der Waals surface area contributed by atoms with Gasteiger partial charge < -0.3 is 14.4 Å². The van der Waals surface area contributed by atoms with Crippen LogP contribution in [-0.4, -0.2) is 42.6 Å². The monoisotopic (exact) mass is 319 g/mol. The maximum absolute atomic E-state index is 12.7. The Morgan fingerprint density at radius 1 is 1.26 bits per heavy atom. The second-order valence-corrected chi connectivity index (χ2v) is 6.96. The smallest absolute Gasteiger partial charge is 0.410 e. The average Bonchev–Trinajstić information content (AvgIpc) is 2.94. The van der Waals surface area contributed by atoms with Crippen LogP contribution in [0, 0.1) is 12.8 Å². The molecule has 1 aromatic rings. The highest BCUT2D eigenvalue weighted by Crippen LogP contribution is 2.26. The average molecular weight is 319 g/mol. The molecular weight excluding hydrogens is 294 g/mol. The van der Waals surface area contributed by atoms with Crippen molar-refractivity contribution in [1.29, 1.82) is 0 Å². The molecule has 23 heavy (non-hydrogen) atoms. The Labute approximate surface area is 137 Å². The molecule has 1 saturated heterocycles. The third-order valence-electron chi connectivity index (χ3n) is 3.91. The summed E-state index contributed by atoms with van der Waals surface area (Å²) < 4.78 is 10.5. The molecule has 5 heteroatoms. The van der Waals surface area contributed by atoms with Crippen molar-refractivity contribution in [2.24, 2.45) is 5.92 Å². The number of hydrogen-bond donors (Lipinski definition) is 0. The van der Waals surface area contributed by atoms with Crippen molar-refractivity contribution in [2.75, 3.05) is 20.2 Å². The summed E-state index contributed by atoms with van der Waals surface area (Å²) in [7, 11) is 1.60. The highest BCUT2D eigenvalue weighted by atomic mass is 16.6. The van der Waals surface area contributed by atoms with E-state index in [1.807, 2.05) is 33.8 Å². The fourth-order valence-corrected chi connectivity index (χ4v) is 2.73. The van der Waals surface area contributed by atoms with Crippen LogP contribution in [0.25, 0.3) is 0 Å². The molecule has 0 saturated carbocycles. The summed E-state index contributed by atoms with van der Waals surface area (Å²) in [6.07, 6.45) is 0.322. The zero-order chi connectivity index (χ0) is 17.2. The summed E-state index contributed by atoms with van der Waals surface area (Å²) in [5, 5.41) is 0. The molecule has 126 valence electrons. The van der Waals surface area contributed by atoms with Gasteiger partial charge in [0.15, 0.2) is 5.78 Å². The Bertz CT molecular complexity index is 604. The van der Waals surface area contributed by atoms with Crippen LogP contribution in [0.15, 0.2) is 18.2 Å². The van der Waals surface area contributed by atoms with E-state index in [-0.39, 0.29) is 17.8 Å². The molecule has 1 aliphatic heterocycles. The lowest BCUT2D eigenvalue weighted by atomic mass is 9.94. The minimum atomic E-state index is -0.522. The molecule has 0 bridgehead atoms. The number of carbonyl (C=O) groups is 2. The summed E-state index contributed by atoms with van der Waals surface area (Å²) >= 11 is 0. The van der Waals surface area contributed by atoms with E-state index in [1.54, 1.807) is 24.1 Å². The van der Waals surface area contributed by atoms with Gasteiger partial charge in [-0.05, 0) is 57.9 Å². The van der Waals surface area contributed by atoms with E-state index in [9.17, 15) is 9.59 Å². The van der Waals surface area contributed by atoms with Crippen molar-refractivity contribution >= 4 is 11.9 Å². The predicted molar refractivity (Wildman–Crippen MR) is 88.0 cm³/mol. The van der Waals surface area contributed by atoms with E-state index in [0.29, 0.717) is 25.1 Å². The van der Waals surface area contributed by atoms with Crippen molar-refractivity contribution in [2.45, 2.75) is 39.7 Å². The number of amides is 1. The Kier molecular flexibility index (Phi) is 4.97. The number of nitrogens with zero attached hydrogens (tertiary/aromatic N) is 1. The maximum Gasteiger partial charge on any atom is 0.410 e. The Hall–Kier alpha value is -2.04. The molecular formula is C18H25NO4. The molecule has 0 aromatic heterocycles. The number of ketones is 1. The molecule has 1 fully saturated rings. The van der Waals surface area contributed by atoms with Crippen LogP contribution in [0.3, 0.4) is 0 Å². The standard InChI is InChI=1S/C18H25NO4/c1-12-10-14(22-5)6-7-15(12)16(20)13-8-9-19(11-13)17(21)23-18(2,3)4/h6-7,10,13H,8-9,11H2,1-5H3. The lowest BCUT2D eigenvalue weighted by Crippen LogP contribution is -2.35. The molecule has 1 aliphatic rings. The summed E-state index contributed by atoms with van der Waals surface area (Å²) in [6.45, 7) is 8.38. The van der Waals surface area contributed by atoms with Crippen molar-refractivity contribution in [3.8, 4) is 5.75 Å². The van der Waals surface area contributed by atoms with E-state index < -0.39 is 5.60 Å². The zero-order valence-electron chi connectivity index (χ0n) is 14.5. The number of carbonyl (C=O) groups excluding carboxylic acids is 2. The fourth-order valence-electron chi connectivity index (χ4n) is 2.73. The van der Waals surface area contributed by atoms with E-state index >= 15 is 0 Å². The summed E-state index contributed by atoms with van der Waals surface area (Å²) in [6, 6.07) is 5.45. The van der Waals surface area contributed by atoms with Crippen molar-refractivity contribution in [3.05, 3.63) is 29.3 Å². The van der Waals surface area contributed by atoms with Crippen LogP contribution in [0.2, 0.25) is 0 Å². The van der Waals surface area contributed by atoms with E-state index in [4.69, 9.17) is 9.47 Å². The highest BCUT2D eigenvalue weighted by molar-refractivity contribution is 5.99. The quantitative estimate of drug-likeness (QED) is 0.801. The molecule has 2 rings (SSSR count). The second kappa shape index (κ2) is 6.60. The second-order valence-electron chi connectivity index (χ2n) is 6.96. The van der Waals surface area contributed by atoms with Gasteiger partial charge in [0.05, 0.1) is 7.11 Å². The number of hydrogen-bond acceptors (Lipinski definition) is 4. The minimum absolute atomic E-state index is 0.0798. The lowest BCUT2D eigenvalue weighted by Gasteiger charge is -2.24. The van der Waals surface area contributed by atoms with Gasteiger partial charge in [-0.1, -0.05) is 0 Å². The molecule has 0 N–H and O–H groups in total. The Balaban J connectivity index is 2.04. The molecule has 5 nitrogen and oxygen atoms in total. The van der Waals surface area contributed by atoms with Crippen molar-refractivity contribution in [3.63, 3.8) is 0 Å². The van der Waals surface area contributed by atoms with Gasteiger partial charge in [0, 0.05) is 24.6 Å². The molecule has 1 aromatic carbocycles. The van der Waals surface area contributed by atoms with E-state index in [1.165, 1.54) is 0 Å². The Morgan fingerprint density at radius 3 is 2.52 bits per heavy atom. The van der Waals surface area contributed by atoms with Gasteiger partial charge in [-0.2, -0.15) is 0 Å². The molecule has 0 aliphatic carbocycles. The number of Topliss-reactive ketones (excluding diaryl/α,β-unsaturated/α-hetero) is 1. The van der Waals surface area contributed by atoms with E-state index in [2.05, 4.69) is 0 Å². The van der Waals surface area contributed by atoms with Gasteiger partial charge in [-0.25, -0.2) is 4.79 Å². The SMILES string of the molecule is COc1ccc(C(=O)C2CCN(C(=O)OC(C)(C)C)C2)c(C)c1. The normalized spacial score (nSPS) is 18.0. The van der Waals surface area contributed by atoms with Crippen LogP contribution in [0.5, 0.6) is 5.75 Å². The maximum atomic E-state index is 12.7. The molecule has 1 unspecified atom stereocenters. The van der Waals surface area contributed by atoms with Gasteiger partial charge in [0.1, 0.15) is 11.4 Å². The first kappa shape index (κ1) is 17.3. The van der Waals surface area contributed by atoms with Crippen LogP contribution < -0.4 is 4.74 Å². The number of ether oxygens (including phenoxy) is 2. The van der Waals surface area contributed by atoms with Crippen molar-refractivity contribution in [1.82, 2.24) is 4.90 Å². The van der Waals surface area contributed by atoms with Gasteiger partial charge >= 0.3 is 6.09 Å². The largest absolute Gasteiger partial charge is 0.497 e. The molecule has 1 atom stereocenters. The molecule has 1 amide bonds. The van der Waals surface area contributed by atoms with Crippen LogP contribution in [0.4, 0.5) is 4.79 Å². The summed E-state index contributed by atoms with van der Waals surface area (Å²) in [5.41, 5.74) is 1.07. The fraction of sp³-hybridized carbons (Fsp3) is 0.556.